The fourth-order valence-corrected chi connectivity index (χ4v) is 4.47. The molecule has 2 fully saturated rings. The Balaban J connectivity index is 1.63. The second-order valence-electron chi connectivity index (χ2n) is 8.42. The highest BCUT2D eigenvalue weighted by Crippen LogP contribution is 2.41. The number of hydrogen-bond acceptors (Lipinski definition) is 5. The van der Waals surface area contributed by atoms with E-state index >= 15 is 0 Å². The maximum absolute atomic E-state index is 12.4. The zero-order valence-corrected chi connectivity index (χ0v) is 18.5. The Bertz CT molecular complexity index is 881. The maximum Gasteiger partial charge on any atom is 0.221 e. The number of rotatable bonds is 9. The van der Waals surface area contributed by atoms with Gasteiger partial charge in [0.05, 0.1) is 12.1 Å². The molecule has 1 amide bonds. The van der Waals surface area contributed by atoms with Crippen molar-refractivity contribution in [2.45, 2.75) is 63.3 Å². The summed E-state index contributed by atoms with van der Waals surface area (Å²) in [6, 6.07) is 6.28. The Labute approximate surface area is 183 Å². The molecular formula is C23H31ClN4O2. The Morgan fingerprint density at radius 3 is 2.73 bits per heavy atom. The summed E-state index contributed by atoms with van der Waals surface area (Å²) in [6.45, 7) is 1.72. The summed E-state index contributed by atoms with van der Waals surface area (Å²) in [7, 11) is 1.64. The van der Waals surface area contributed by atoms with Gasteiger partial charge in [-0.1, -0.05) is 30.9 Å². The van der Waals surface area contributed by atoms with Gasteiger partial charge in [-0.05, 0) is 43.9 Å². The molecular weight excluding hydrogens is 400 g/mol. The third kappa shape index (κ3) is 5.22. The molecule has 162 valence electrons. The molecule has 0 radical (unpaired) electrons. The molecule has 2 aliphatic carbocycles. The first-order chi connectivity index (χ1) is 14.7. The van der Waals surface area contributed by atoms with Crippen molar-refractivity contribution in [2.75, 3.05) is 31.7 Å². The highest BCUT2D eigenvalue weighted by molar-refractivity contribution is 6.31. The van der Waals surface area contributed by atoms with Crippen LogP contribution in [-0.2, 0) is 9.53 Å². The summed E-state index contributed by atoms with van der Waals surface area (Å²) in [5.41, 5.74) is 0.903. The summed E-state index contributed by atoms with van der Waals surface area (Å²) >= 11 is 6.27. The molecule has 0 spiro atoms. The van der Waals surface area contributed by atoms with Gasteiger partial charge in [0, 0.05) is 49.0 Å². The zero-order chi connectivity index (χ0) is 20.9. The number of amides is 1. The van der Waals surface area contributed by atoms with Crippen molar-refractivity contribution >= 4 is 34.2 Å². The van der Waals surface area contributed by atoms with E-state index in [1.165, 1.54) is 19.3 Å². The van der Waals surface area contributed by atoms with Crippen LogP contribution in [0.3, 0.4) is 0 Å². The largest absolute Gasteiger partial charge is 0.383 e. The van der Waals surface area contributed by atoms with Crippen LogP contribution in [0.4, 0.5) is 5.82 Å². The van der Waals surface area contributed by atoms with E-state index in [-0.39, 0.29) is 5.91 Å². The third-order valence-corrected chi connectivity index (χ3v) is 6.33. The van der Waals surface area contributed by atoms with E-state index in [0.29, 0.717) is 43.1 Å². The molecule has 0 saturated heterocycles. The summed E-state index contributed by atoms with van der Waals surface area (Å²) in [4.78, 5) is 24.6. The normalized spacial score (nSPS) is 17.3. The maximum atomic E-state index is 12.4. The van der Waals surface area contributed by atoms with E-state index in [2.05, 4.69) is 10.2 Å². The first-order valence-electron chi connectivity index (χ1n) is 11.1. The lowest BCUT2D eigenvalue weighted by Gasteiger charge is -2.36. The highest BCUT2D eigenvalue weighted by atomic mass is 35.5. The lowest BCUT2D eigenvalue weighted by molar-refractivity contribution is -0.121. The van der Waals surface area contributed by atoms with Crippen molar-refractivity contribution in [2.24, 2.45) is 0 Å². The van der Waals surface area contributed by atoms with Crippen LogP contribution < -0.4 is 10.2 Å². The van der Waals surface area contributed by atoms with Crippen molar-refractivity contribution in [1.29, 1.82) is 0 Å². The van der Waals surface area contributed by atoms with E-state index in [4.69, 9.17) is 26.3 Å². The monoisotopic (exact) mass is 430 g/mol. The van der Waals surface area contributed by atoms with Crippen molar-refractivity contribution in [1.82, 2.24) is 15.3 Å². The number of nitrogens with zero attached hydrogens (tertiary/aromatic N) is 3. The summed E-state index contributed by atoms with van der Waals surface area (Å²) in [5, 5.41) is 4.65. The number of ether oxygens (including phenoxy) is 1. The first-order valence-corrected chi connectivity index (χ1v) is 11.5. The number of benzene rings is 1. The van der Waals surface area contributed by atoms with Gasteiger partial charge in [0.15, 0.2) is 0 Å². The van der Waals surface area contributed by atoms with Gasteiger partial charge in [0.1, 0.15) is 11.6 Å². The highest BCUT2D eigenvalue weighted by Gasteiger charge is 2.30. The van der Waals surface area contributed by atoms with Crippen molar-refractivity contribution in [3.63, 3.8) is 0 Å². The van der Waals surface area contributed by atoms with Gasteiger partial charge in [-0.2, -0.15) is 0 Å². The molecule has 1 aromatic heterocycles. The molecule has 2 aliphatic rings. The topological polar surface area (TPSA) is 67.3 Å². The van der Waals surface area contributed by atoms with Gasteiger partial charge >= 0.3 is 0 Å². The first kappa shape index (κ1) is 21.3. The second kappa shape index (κ2) is 9.92. The Kier molecular flexibility index (Phi) is 7.05. The van der Waals surface area contributed by atoms with Crippen molar-refractivity contribution in [3.05, 3.63) is 29.0 Å². The number of aromatic nitrogens is 2. The average molecular weight is 431 g/mol. The number of hydrogen-bond donors (Lipinski definition) is 1. The van der Waals surface area contributed by atoms with Gasteiger partial charge in [0.25, 0.3) is 0 Å². The van der Waals surface area contributed by atoms with Gasteiger partial charge in [-0.15, -0.1) is 0 Å². The number of carbonyl (C=O) groups is 1. The molecule has 0 bridgehead atoms. The molecule has 0 aliphatic heterocycles. The molecule has 30 heavy (non-hydrogen) atoms. The van der Waals surface area contributed by atoms with Crippen LogP contribution in [-0.4, -0.2) is 48.7 Å². The molecule has 1 N–H and O–H groups in total. The lowest BCUT2D eigenvalue weighted by atomic mass is 9.93. The van der Waals surface area contributed by atoms with E-state index in [9.17, 15) is 4.79 Å². The predicted octanol–water partition coefficient (Wildman–Crippen LogP) is 4.45. The molecule has 2 saturated carbocycles. The van der Waals surface area contributed by atoms with Crippen LogP contribution in [0.5, 0.6) is 0 Å². The summed E-state index contributed by atoms with van der Waals surface area (Å²) in [5.74, 6) is 2.40. The van der Waals surface area contributed by atoms with Crippen LogP contribution in [0, 0.1) is 0 Å². The quantitative estimate of drug-likeness (QED) is 0.595. The molecule has 0 atom stereocenters. The van der Waals surface area contributed by atoms with Gasteiger partial charge < -0.3 is 15.0 Å². The van der Waals surface area contributed by atoms with Crippen molar-refractivity contribution < 1.29 is 9.53 Å². The number of fused-ring (bicyclic) bond motifs is 1. The van der Waals surface area contributed by atoms with E-state index in [1.807, 2.05) is 18.2 Å². The minimum absolute atomic E-state index is 0.0525. The fourth-order valence-electron chi connectivity index (χ4n) is 4.30. The minimum Gasteiger partial charge on any atom is -0.383 e. The molecule has 1 heterocycles. The number of halogens is 1. The number of methoxy groups -OCH3 is 1. The minimum atomic E-state index is 0.0525. The SMILES string of the molecule is COCCNC(=O)CCN(c1nc(C2CC2)nc2cc(Cl)ccc12)C1CCCCC1. The average Bonchev–Trinajstić information content (AvgIpc) is 3.60. The predicted molar refractivity (Wildman–Crippen MR) is 120 cm³/mol. The molecule has 7 heteroatoms. The zero-order valence-electron chi connectivity index (χ0n) is 17.7. The number of nitrogens with one attached hydrogen (secondary N) is 1. The molecule has 0 unspecified atom stereocenters. The van der Waals surface area contributed by atoms with Gasteiger partial charge in [0.2, 0.25) is 5.91 Å². The van der Waals surface area contributed by atoms with Crippen LogP contribution in [0.15, 0.2) is 18.2 Å². The summed E-state index contributed by atoms with van der Waals surface area (Å²) < 4.78 is 5.03. The van der Waals surface area contributed by atoms with Crippen LogP contribution in [0.25, 0.3) is 10.9 Å². The van der Waals surface area contributed by atoms with Gasteiger partial charge in [-0.25, -0.2) is 9.97 Å². The fraction of sp³-hybridized carbons (Fsp3) is 0.609. The molecule has 2 aromatic rings. The number of anilines is 1. The Morgan fingerprint density at radius 2 is 2.00 bits per heavy atom. The number of carbonyl (C=O) groups excluding carboxylic acids is 1. The van der Waals surface area contributed by atoms with E-state index in [0.717, 1.165) is 48.2 Å². The lowest BCUT2D eigenvalue weighted by Crippen LogP contribution is -2.40. The molecule has 1 aromatic carbocycles. The van der Waals surface area contributed by atoms with Crippen LogP contribution in [0.1, 0.15) is 63.1 Å². The third-order valence-electron chi connectivity index (χ3n) is 6.09. The molecule has 4 rings (SSSR count). The summed E-state index contributed by atoms with van der Waals surface area (Å²) in [6.07, 6.45) is 8.77. The van der Waals surface area contributed by atoms with Crippen LogP contribution >= 0.6 is 11.6 Å². The van der Waals surface area contributed by atoms with Crippen molar-refractivity contribution in [3.8, 4) is 0 Å². The second-order valence-corrected chi connectivity index (χ2v) is 8.86. The molecule has 6 nitrogen and oxygen atoms in total. The Hall–Kier alpha value is -1.92. The Morgan fingerprint density at radius 1 is 1.20 bits per heavy atom. The smallest absolute Gasteiger partial charge is 0.221 e. The standard InChI is InChI=1S/C23H31ClN4O2/c1-30-14-12-25-21(29)11-13-28(18-5-3-2-4-6-18)23-19-10-9-17(24)15-20(19)26-22(27-23)16-7-8-16/h9-10,15-16,18H,2-8,11-14H2,1H3,(H,25,29). The van der Waals surface area contributed by atoms with Gasteiger partial charge in [-0.3, -0.25) is 4.79 Å². The van der Waals surface area contributed by atoms with E-state index in [1.54, 1.807) is 7.11 Å². The van der Waals surface area contributed by atoms with E-state index < -0.39 is 0 Å². The van der Waals surface area contributed by atoms with Crippen LogP contribution in [0.2, 0.25) is 5.02 Å².